The second-order valence-corrected chi connectivity index (χ2v) is 5.23. The first-order valence-corrected chi connectivity index (χ1v) is 7.32. The van der Waals surface area contributed by atoms with Gasteiger partial charge in [-0.05, 0) is 5.56 Å². The van der Waals surface area contributed by atoms with Crippen molar-refractivity contribution in [3.8, 4) is 11.5 Å². The number of thioether (sulfide) groups is 1. The average molecular weight is 293 g/mol. The van der Waals surface area contributed by atoms with Crippen molar-refractivity contribution in [2.24, 2.45) is 0 Å². The number of rotatable bonds is 4. The van der Waals surface area contributed by atoms with Crippen LogP contribution in [0.5, 0.6) is 0 Å². The number of hydrogen-bond donors (Lipinski definition) is 0. The minimum absolute atomic E-state index is 0.474. The highest BCUT2D eigenvalue weighted by Crippen LogP contribution is 2.26. The van der Waals surface area contributed by atoms with Crippen molar-refractivity contribution in [1.82, 2.24) is 10.2 Å². The standard InChI is InChI=1S/C16H11N3OS/c1-17-14-9-7-13(8-10-14)15-18-19-16(20-15)21-11-12-5-3-2-4-6-12/h2-10H,11H2. The van der Waals surface area contributed by atoms with E-state index in [0.717, 1.165) is 11.3 Å². The summed E-state index contributed by atoms with van der Waals surface area (Å²) in [5.74, 6) is 1.26. The molecule has 0 unspecified atom stereocenters. The fourth-order valence-corrected chi connectivity index (χ4v) is 2.50. The molecule has 102 valence electrons. The molecular weight excluding hydrogens is 282 g/mol. The molecule has 0 aliphatic heterocycles. The SMILES string of the molecule is [C-]#[N+]c1ccc(-c2nnc(SCc3ccccc3)o2)cc1. The number of hydrogen-bond acceptors (Lipinski definition) is 4. The van der Waals surface area contributed by atoms with Crippen LogP contribution >= 0.6 is 11.8 Å². The number of aromatic nitrogens is 2. The molecule has 4 nitrogen and oxygen atoms in total. The molecule has 0 spiro atoms. The van der Waals surface area contributed by atoms with Gasteiger partial charge in [0, 0.05) is 11.3 Å². The summed E-state index contributed by atoms with van der Waals surface area (Å²) in [6.45, 7) is 6.93. The van der Waals surface area contributed by atoms with Crippen LogP contribution in [-0.4, -0.2) is 10.2 Å². The van der Waals surface area contributed by atoms with Gasteiger partial charge in [0.05, 0.1) is 6.57 Å². The molecule has 1 heterocycles. The summed E-state index contributed by atoms with van der Waals surface area (Å²) in [7, 11) is 0. The molecule has 0 radical (unpaired) electrons. The van der Waals surface area contributed by atoms with Crippen LogP contribution in [0.25, 0.3) is 16.3 Å². The molecule has 0 saturated carbocycles. The van der Waals surface area contributed by atoms with Crippen molar-refractivity contribution < 1.29 is 4.42 Å². The minimum Gasteiger partial charge on any atom is -0.411 e. The summed E-state index contributed by atoms with van der Waals surface area (Å²) >= 11 is 1.51. The van der Waals surface area contributed by atoms with Crippen molar-refractivity contribution in [2.45, 2.75) is 11.0 Å². The smallest absolute Gasteiger partial charge is 0.277 e. The Morgan fingerprint density at radius 2 is 1.76 bits per heavy atom. The van der Waals surface area contributed by atoms with E-state index in [1.807, 2.05) is 30.3 Å². The fourth-order valence-electron chi connectivity index (χ4n) is 1.78. The Kier molecular flexibility index (Phi) is 3.99. The lowest BCUT2D eigenvalue weighted by Gasteiger charge is -1.97. The van der Waals surface area contributed by atoms with Gasteiger partial charge in [-0.3, -0.25) is 0 Å². The molecule has 3 aromatic rings. The van der Waals surface area contributed by atoms with Gasteiger partial charge in [-0.2, -0.15) is 0 Å². The van der Waals surface area contributed by atoms with Crippen LogP contribution in [0.15, 0.2) is 64.2 Å². The van der Waals surface area contributed by atoms with E-state index in [2.05, 4.69) is 27.2 Å². The van der Waals surface area contributed by atoms with Crippen LogP contribution in [0, 0.1) is 6.57 Å². The molecule has 0 fully saturated rings. The lowest BCUT2D eigenvalue weighted by atomic mass is 10.2. The molecule has 3 rings (SSSR count). The predicted octanol–water partition coefficient (Wildman–Crippen LogP) is 4.58. The molecule has 0 saturated heterocycles. The highest BCUT2D eigenvalue weighted by Gasteiger charge is 2.09. The Morgan fingerprint density at radius 3 is 2.48 bits per heavy atom. The fraction of sp³-hybridized carbons (Fsp3) is 0.0625. The van der Waals surface area contributed by atoms with Crippen LogP contribution in [-0.2, 0) is 5.75 Å². The Morgan fingerprint density at radius 1 is 1.00 bits per heavy atom. The first kappa shape index (κ1) is 13.4. The molecular formula is C16H11N3OS. The maximum Gasteiger partial charge on any atom is 0.277 e. The monoisotopic (exact) mass is 293 g/mol. The molecule has 0 N–H and O–H groups in total. The average Bonchev–Trinajstić information content (AvgIpc) is 3.03. The van der Waals surface area contributed by atoms with E-state index in [0.29, 0.717) is 16.8 Å². The Labute approximate surface area is 126 Å². The van der Waals surface area contributed by atoms with Crippen LogP contribution in [0.2, 0.25) is 0 Å². The third kappa shape index (κ3) is 3.30. The van der Waals surface area contributed by atoms with Gasteiger partial charge in [0.2, 0.25) is 5.89 Å². The Hall–Kier alpha value is -2.58. The summed E-state index contributed by atoms with van der Waals surface area (Å²) in [5.41, 5.74) is 2.63. The van der Waals surface area contributed by atoms with Crippen LogP contribution in [0.3, 0.4) is 0 Å². The molecule has 1 aromatic heterocycles. The maximum absolute atomic E-state index is 6.93. The van der Waals surface area contributed by atoms with Crippen molar-refractivity contribution in [1.29, 1.82) is 0 Å². The van der Waals surface area contributed by atoms with Crippen molar-refractivity contribution in [3.63, 3.8) is 0 Å². The van der Waals surface area contributed by atoms with E-state index in [1.54, 1.807) is 12.1 Å². The van der Waals surface area contributed by atoms with Gasteiger partial charge in [0.1, 0.15) is 0 Å². The minimum atomic E-state index is 0.474. The third-order valence-corrected chi connectivity index (χ3v) is 3.74. The summed E-state index contributed by atoms with van der Waals surface area (Å²) < 4.78 is 5.63. The largest absolute Gasteiger partial charge is 0.411 e. The summed E-state index contributed by atoms with van der Waals surface area (Å²) in [4.78, 5) is 3.35. The van der Waals surface area contributed by atoms with E-state index in [9.17, 15) is 0 Å². The number of benzene rings is 2. The topological polar surface area (TPSA) is 43.3 Å². The van der Waals surface area contributed by atoms with E-state index in [1.165, 1.54) is 17.3 Å². The summed E-state index contributed by atoms with van der Waals surface area (Å²) in [6, 6.07) is 17.2. The van der Waals surface area contributed by atoms with Gasteiger partial charge < -0.3 is 4.42 Å². The molecule has 0 amide bonds. The van der Waals surface area contributed by atoms with Crippen molar-refractivity contribution >= 4 is 17.4 Å². The summed E-state index contributed by atoms with van der Waals surface area (Å²) in [6.07, 6.45) is 0. The maximum atomic E-state index is 6.93. The lowest BCUT2D eigenvalue weighted by molar-refractivity contribution is 0.466. The Balaban J connectivity index is 1.69. The number of nitrogens with zero attached hydrogens (tertiary/aromatic N) is 3. The molecule has 2 aromatic carbocycles. The molecule has 0 bridgehead atoms. The van der Waals surface area contributed by atoms with E-state index in [-0.39, 0.29) is 0 Å². The zero-order valence-corrected chi connectivity index (χ0v) is 11.9. The molecule has 0 atom stereocenters. The second kappa shape index (κ2) is 6.25. The first-order valence-electron chi connectivity index (χ1n) is 6.33. The van der Waals surface area contributed by atoms with Crippen molar-refractivity contribution in [3.05, 3.63) is 71.6 Å². The molecule has 0 aliphatic carbocycles. The van der Waals surface area contributed by atoms with Gasteiger partial charge in [-0.15, -0.1) is 10.2 Å². The zero-order chi connectivity index (χ0) is 14.5. The van der Waals surface area contributed by atoms with E-state index < -0.39 is 0 Å². The van der Waals surface area contributed by atoms with Gasteiger partial charge in [-0.25, -0.2) is 4.85 Å². The molecule has 5 heteroatoms. The van der Waals surface area contributed by atoms with Gasteiger partial charge in [0.15, 0.2) is 5.69 Å². The second-order valence-electron chi connectivity index (χ2n) is 4.31. The highest BCUT2D eigenvalue weighted by atomic mass is 32.2. The van der Waals surface area contributed by atoms with Crippen LogP contribution in [0.1, 0.15) is 5.56 Å². The normalized spacial score (nSPS) is 10.2. The predicted molar refractivity (Wildman–Crippen MR) is 82.0 cm³/mol. The highest BCUT2D eigenvalue weighted by molar-refractivity contribution is 7.98. The van der Waals surface area contributed by atoms with Crippen molar-refractivity contribution in [2.75, 3.05) is 0 Å². The lowest BCUT2D eigenvalue weighted by Crippen LogP contribution is -1.79. The summed E-state index contributed by atoms with van der Waals surface area (Å²) in [5, 5.41) is 8.62. The van der Waals surface area contributed by atoms with Gasteiger partial charge in [-0.1, -0.05) is 66.4 Å². The van der Waals surface area contributed by atoms with Gasteiger partial charge in [0.25, 0.3) is 5.22 Å². The Bertz CT molecular complexity index is 760. The molecule has 21 heavy (non-hydrogen) atoms. The van der Waals surface area contributed by atoms with Gasteiger partial charge >= 0.3 is 0 Å². The first-order chi connectivity index (χ1) is 10.3. The van der Waals surface area contributed by atoms with Crippen LogP contribution < -0.4 is 0 Å². The van der Waals surface area contributed by atoms with Crippen LogP contribution in [0.4, 0.5) is 5.69 Å². The van der Waals surface area contributed by atoms with E-state index in [4.69, 9.17) is 11.0 Å². The third-order valence-electron chi connectivity index (χ3n) is 2.85. The zero-order valence-electron chi connectivity index (χ0n) is 11.1. The molecule has 0 aliphatic rings. The van der Waals surface area contributed by atoms with E-state index >= 15 is 0 Å². The quantitative estimate of drug-likeness (QED) is 0.521.